The molecule has 9 nitrogen and oxygen atoms in total. The highest BCUT2D eigenvalue weighted by Gasteiger charge is 2.19. The molecule has 3 N–H and O–H groups in total. The zero-order valence-electron chi connectivity index (χ0n) is 17.0. The molecule has 11 heteroatoms. The summed E-state index contributed by atoms with van der Waals surface area (Å²) < 4.78 is 31.7. The second-order valence-electron chi connectivity index (χ2n) is 6.80. The van der Waals surface area contributed by atoms with E-state index in [0.29, 0.717) is 27.9 Å². The summed E-state index contributed by atoms with van der Waals surface area (Å²) in [5.74, 6) is 0.561. The number of hydrogen-bond donors (Lipinski definition) is 3. The predicted octanol–water partition coefficient (Wildman–Crippen LogP) is 3.48. The first-order valence-electron chi connectivity index (χ1n) is 9.33. The van der Waals surface area contributed by atoms with E-state index in [1.807, 2.05) is 4.72 Å². The number of H-pyrrole nitrogens is 1. The Labute approximate surface area is 187 Å². The maximum Gasteiger partial charge on any atom is 0.333 e. The molecule has 0 saturated heterocycles. The molecule has 1 aromatic carbocycles. The number of nitrogens with zero attached hydrogens (tertiary/aromatic N) is 1. The van der Waals surface area contributed by atoms with Gasteiger partial charge >= 0.3 is 6.03 Å². The van der Waals surface area contributed by atoms with E-state index >= 15 is 0 Å². The zero-order valence-corrected chi connectivity index (χ0v) is 18.6. The molecule has 0 atom stereocenters. The van der Waals surface area contributed by atoms with E-state index in [4.69, 9.17) is 4.74 Å². The number of amides is 2. The number of urea groups is 1. The van der Waals surface area contributed by atoms with Crippen LogP contribution in [0.4, 0.5) is 10.5 Å². The van der Waals surface area contributed by atoms with E-state index in [2.05, 4.69) is 15.3 Å². The van der Waals surface area contributed by atoms with Gasteiger partial charge in [-0.1, -0.05) is 0 Å². The van der Waals surface area contributed by atoms with Crippen molar-refractivity contribution >= 4 is 44.0 Å². The maximum absolute atomic E-state index is 12.9. The minimum absolute atomic E-state index is 0.0470. The number of thiophene rings is 1. The lowest BCUT2D eigenvalue weighted by molar-refractivity contribution is 0.256. The molecule has 0 saturated carbocycles. The van der Waals surface area contributed by atoms with Crippen LogP contribution >= 0.6 is 11.3 Å². The number of aromatic amines is 1. The summed E-state index contributed by atoms with van der Waals surface area (Å²) >= 11 is 1.06. The van der Waals surface area contributed by atoms with Crippen LogP contribution in [-0.4, -0.2) is 31.5 Å². The standard InChI is InChI=1S/C21H18N4O5S2/c1-12-3-8-19(31-12)32(28,29)25-21(27)24-13-4-6-18(22-10-13)16-11-23-17-7-5-14(30-2)9-15(17)20(16)26/h3-11H,1-2H3,(H,23,26)(H2,24,25,27). The monoisotopic (exact) mass is 470 g/mol. The Morgan fingerprint density at radius 3 is 2.62 bits per heavy atom. The predicted molar refractivity (Wildman–Crippen MR) is 123 cm³/mol. The first kappa shape index (κ1) is 21.5. The Morgan fingerprint density at radius 1 is 1.16 bits per heavy atom. The molecule has 0 aliphatic carbocycles. The SMILES string of the molecule is COc1ccc2[nH]cc(-c3ccc(NC(=O)NS(=O)(=O)c4ccc(C)s4)cn3)c(=O)c2c1. The van der Waals surface area contributed by atoms with Gasteiger partial charge in [0.2, 0.25) is 0 Å². The number of fused-ring (bicyclic) bond motifs is 1. The number of aromatic nitrogens is 2. The van der Waals surface area contributed by atoms with Crippen molar-refractivity contribution in [1.82, 2.24) is 14.7 Å². The molecule has 3 aromatic heterocycles. The normalized spacial score (nSPS) is 11.3. The van der Waals surface area contributed by atoms with Crippen LogP contribution in [-0.2, 0) is 10.0 Å². The second kappa shape index (κ2) is 8.44. The Morgan fingerprint density at radius 2 is 1.97 bits per heavy atom. The molecule has 164 valence electrons. The molecule has 0 aliphatic heterocycles. The smallest absolute Gasteiger partial charge is 0.333 e. The lowest BCUT2D eigenvalue weighted by Gasteiger charge is -2.08. The number of rotatable bonds is 5. The van der Waals surface area contributed by atoms with Gasteiger partial charge in [-0.3, -0.25) is 9.78 Å². The number of nitrogens with one attached hydrogen (secondary N) is 3. The summed E-state index contributed by atoms with van der Waals surface area (Å²) in [5.41, 5.74) is 1.45. The van der Waals surface area contributed by atoms with Crippen molar-refractivity contribution in [2.45, 2.75) is 11.1 Å². The molecule has 4 rings (SSSR count). The number of carbonyl (C=O) groups is 1. The number of pyridine rings is 2. The number of methoxy groups -OCH3 is 1. The number of hydrogen-bond acceptors (Lipinski definition) is 7. The number of sulfonamides is 1. The van der Waals surface area contributed by atoms with Crippen LogP contribution < -0.4 is 20.2 Å². The molecular weight excluding hydrogens is 452 g/mol. The van der Waals surface area contributed by atoms with Crippen LogP contribution in [0.15, 0.2) is 63.9 Å². The van der Waals surface area contributed by atoms with Crippen LogP contribution in [0.25, 0.3) is 22.2 Å². The van der Waals surface area contributed by atoms with Crippen molar-refractivity contribution in [3.05, 3.63) is 70.0 Å². The average Bonchev–Trinajstić information content (AvgIpc) is 3.21. The van der Waals surface area contributed by atoms with Crippen LogP contribution in [0.3, 0.4) is 0 Å². The van der Waals surface area contributed by atoms with E-state index in [0.717, 1.165) is 16.2 Å². The Balaban J connectivity index is 1.53. The number of benzene rings is 1. The first-order chi connectivity index (χ1) is 15.3. The second-order valence-corrected chi connectivity index (χ2v) is 10.00. The van der Waals surface area contributed by atoms with E-state index < -0.39 is 16.1 Å². The number of ether oxygens (including phenoxy) is 1. The number of aryl methyl sites for hydroxylation is 1. The highest BCUT2D eigenvalue weighted by molar-refractivity contribution is 7.92. The molecular formula is C21H18N4O5S2. The fourth-order valence-corrected chi connectivity index (χ4v) is 5.22. The third-order valence-electron chi connectivity index (χ3n) is 4.59. The summed E-state index contributed by atoms with van der Waals surface area (Å²) in [4.78, 5) is 33.1. The first-order valence-corrected chi connectivity index (χ1v) is 11.6. The van der Waals surface area contributed by atoms with Gasteiger partial charge in [0.1, 0.15) is 9.96 Å². The summed E-state index contributed by atoms with van der Waals surface area (Å²) in [6.07, 6.45) is 2.90. The van der Waals surface area contributed by atoms with Crippen molar-refractivity contribution in [3.63, 3.8) is 0 Å². The fourth-order valence-electron chi connectivity index (χ4n) is 3.03. The van der Waals surface area contributed by atoms with Crippen molar-refractivity contribution in [2.75, 3.05) is 12.4 Å². The Hall–Kier alpha value is -3.70. The molecule has 0 bridgehead atoms. The number of carbonyl (C=O) groups excluding carboxylic acids is 1. The van der Waals surface area contributed by atoms with Gasteiger partial charge in [0.25, 0.3) is 10.0 Å². The summed E-state index contributed by atoms with van der Waals surface area (Å²) in [6, 6.07) is 10.4. The molecule has 0 unspecified atom stereocenters. The molecule has 2 amide bonds. The lowest BCUT2D eigenvalue weighted by atomic mass is 10.1. The largest absolute Gasteiger partial charge is 0.497 e. The average molecular weight is 471 g/mol. The van der Waals surface area contributed by atoms with Crippen LogP contribution in [0.2, 0.25) is 0 Å². The summed E-state index contributed by atoms with van der Waals surface area (Å²) in [6.45, 7) is 1.77. The summed E-state index contributed by atoms with van der Waals surface area (Å²) in [5, 5.41) is 2.88. The topological polar surface area (TPSA) is 130 Å². The quantitative estimate of drug-likeness (QED) is 0.409. The van der Waals surface area contributed by atoms with Gasteiger partial charge in [-0.2, -0.15) is 0 Å². The molecule has 32 heavy (non-hydrogen) atoms. The van der Waals surface area contributed by atoms with Gasteiger partial charge < -0.3 is 15.0 Å². The highest BCUT2D eigenvalue weighted by Crippen LogP contribution is 2.22. The van der Waals surface area contributed by atoms with Gasteiger partial charge in [-0.05, 0) is 49.4 Å². The van der Waals surface area contributed by atoms with Gasteiger partial charge in [-0.25, -0.2) is 17.9 Å². The molecule has 0 fully saturated rings. The minimum atomic E-state index is -3.96. The molecule has 4 aromatic rings. The number of anilines is 1. The van der Waals surface area contributed by atoms with Gasteiger partial charge in [0, 0.05) is 22.0 Å². The molecule has 0 spiro atoms. The van der Waals surface area contributed by atoms with Gasteiger partial charge in [-0.15, -0.1) is 11.3 Å². The van der Waals surface area contributed by atoms with Gasteiger partial charge in [0.15, 0.2) is 5.43 Å². The Bertz CT molecular complexity index is 1470. The third kappa shape index (κ3) is 4.34. The van der Waals surface area contributed by atoms with Gasteiger partial charge in [0.05, 0.1) is 30.3 Å². The van der Waals surface area contributed by atoms with Crippen LogP contribution in [0, 0.1) is 6.92 Å². The van der Waals surface area contributed by atoms with Crippen molar-refractivity contribution < 1.29 is 17.9 Å². The Kier molecular flexibility index (Phi) is 5.68. The fraction of sp³-hybridized carbons (Fsp3) is 0.0952. The molecule has 3 heterocycles. The minimum Gasteiger partial charge on any atom is -0.497 e. The van der Waals surface area contributed by atoms with E-state index in [1.54, 1.807) is 43.5 Å². The maximum atomic E-state index is 12.9. The molecule has 0 radical (unpaired) electrons. The van der Waals surface area contributed by atoms with Crippen LogP contribution in [0.1, 0.15) is 4.88 Å². The summed E-state index contributed by atoms with van der Waals surface area (Å²) in [7, 11) is -2.44. The lowest BCUT2D eigenvalue weighted by Crippen LogP contribution is -2.33. The van der Waals surface area contributed by atoms with E-state index in [9.17, 15) is 18.0 Å². The molecule has 0 aliphatic rings. The van der Waals surface area contributed by atoms with Crippen LogP contribution in [0.5, 0.6) is 5.75 Å². The van der Waals surface area contributed by atoms with Crippen molar-refractivity contribution in [3.8, 4) is 17.0 Å². The third-order valence-corrected chi connectivity index (χ3v) is 7.42. The van der Waals surface area contributed by atoms with E-state index in [-0.39, 0.29) is 15.3 Å². The van der Waals surface area contributed by atoms with E-state index in [1.165, 1.54) is 25.4 Å². The highest BCUT2D eigenvalue weighted by atomic mass is 32.2. The van der Waals surface area contributed by atoms with Crippen molar-refractivity contribution in [1.29, 1.82) is 0 Å². The van der Waals surface area contributed by atoms with Crippen molar-refractivity contribution in [2.24, 2.45) is 0 Å². The zero-order chi connectivity index (χ0) is 22.9.